The van der Waals surface area contributed by atoms with E-state index >= 15 is 0 Å². The minimum atomic E-state index is -4.36. The van der Waals surface area contributed by atoms with E-state index in [9.17, 15) is 18.0 Å². The maximum Gasteiger partial charge on any atom is 0.416 e. The summed E-state index contributed by atoms with van der Waals surface area (Å²) in [4.78, 5) is 10.9. The second-order valence-electron chi connectivity index (χ2n) is 4.56. The van der Waals surface area contributed by atoms with Gasteiger partial charge < -0.3 is 5.11 Å². The smallest absolute Gasteiger partial charge is 0.416 e. The minimum Gasteiger partial charge on any atom is -0.481 e. The van der Waals surface area contributed by atoms with Crippen molar-refractivity contribution in [3.8, 4) is 0 Å². The highest BCUT2D eigenvalue weighted by Gasteiger charge is 2.31. The van der Waals surface area contributed by atoms with E-state index in [1.165, 1.54) is 26.0 Å². The molecule has 0 heterocycles. The van der Waals surface area contributed by atoms with Crippen LogP contribution in [0.3, 0.4) is 0 Å². The zero-order valence-corrected chi connectivity index (χ0v) is 9.51. The van der Waals surface area contributed by atoms with Crippen LogP contribution in [0.4, 0.5) is 13.2 Å². The Hall–Kier alpha value is -1.52. The predicted octanol–water partition coefficient (Wildman–Crippen LogP) is 3.36. The van der Waals surface area contributed by atoms with Crippen molar-refractivity contribution >= 4 is 5.97 Å². The molecular formula is C12H13F3O2. The molecule has 94 valence electrons. The Morgan fingerprint density at radius 1 is 1.18 bits per heavy atom. The highest BCUT2D eigenvalue weighted by molar-refractivity contribution is 5.74. The zero-order chi connectivity index (χ0) is 13.3. The van der Waals surface area contributed by atoms with Crippen LogP contribution in [0.5, 0.6) is 0 Å². The van der Waals surface area contributed by atoms with Crippen molar-refractivity contribution in [2.24, 2.45) is 5.41 Å². The Labute approximate surface area is 97.1 Å². The molecule has 0 aromatic heterocycles. The second-order valence-corrected chi connectivity index (χ2v) is 4.56. The average molecular weight is 246 g/mol. The van der Waals surface area contributed by atoms with Crippen molar-refractivity contribution in [2.75, 3.05) is 0 Å². The Morgan fingerprint density at radius 3 is 2.00 bits per heavy atom. The largest absolute Gasteiger partial charge is 0.481 e. The first-order chi connectivity index (χ1) is 7.63. The molecule has 5 heteroatoms. The summed E-state index contributed by atoms with van der Waals surface area (Å²) < 4.78 is 36.9. The lowest BCUT2D eigenvalue weighted by Gasteiger charge is -2.19. The normalized spacial score (nSPS) is 12.5. The summed E-state index contributed by atoms with van der Waals surface area (Å²) in [5, 5.41) is 8.91. The molecule has 0 radical (unpaired) electrons. The monoisotopic (exact) mass is 246 g/mol. The highest BCUT2D eigenvalue weighted by atomic mass is 19.4. The van der Waals surface area contributed by atoms with E-state index in [0.29, 0.717) is 5.56 Å². The van der Waals surface area contributed by atoms with Gasteiger partial charge in [-0.05, 0) is 38.0 Å². The second kappa shape index (κ2) is 4.39. The fourth-order valence-electron chi connectivity index (χ4n) is 1.40. The van der Waals surface area contributed by atoms with Crippen LogP contribution in [0.25, 0.3) is 0 Å². The van der Waals surface area contributed by atoms with E-state index in [2.05, 4.69) is 0 Å². The van der Waals surface area contributed by atoms with E-state index < -0.39 is 23.1 Å². The first-order valence-corrected chi connectivity index (χ1v) is 5.02. The summed E-state index contributed by atoms with van der Waals surface area (Å²) in [7, 11) is 0. The Morgan fingerprint density at radius 2 is 1.65 bits per heavy atom. The molecule has 1 aromatic carbocycles. The standard InChI is InChI=1S/C12H13F3O2/c1-11(2,10(16)17)7-8-3-5-9(6-4-8)12(13,14)15/h3-6H,7H2,1-2H3,(H,16,17). The average Bonchev–Trinajstić information content (AvgIpc) is 2.16. The lowest BCUT2D eigenvalue weighted by atomic mass is 9.86. The number of carboxylic acids is 1. The van der Waals surface area contributed by atoms with Crippen molar-refractivity contribution in [1.29, 1.82) is 0 Å². The molecule has 17 heavy (non-hydrogen) atoms. The summed E-state index contributed by atoms with van der Waals surface area (Å²) >= 11 is 0. The molecule has 0 saturated carbocycles. The Balaban J connectivity index is 2.86. The number of alkyl halides is 3. The van der Waals surface area contributed by atoms with Crippen LogP contribution in [0.2, 0.25) is 0 Å². The highest BCUT2D eigenvalue weighted by Crippen LogP contribution is 2.30. The van der Waals surface area contributed by atoms with Crippen LogP contribution in [0.1, 0.15) is 25.0 Å². The quantitative estimate of drug-likeness (QED) is 0.887. The first-order valence-electron chi connectivity index (χ1n) is 5.02. The van der Waals surface area contributed by atoms with Crippen LogP contribution >= 0.6 is 0 Å². The summed E-state index contributed by atoms with van der Waals surface area (Å²) in [6, 6.07) is 4.56. The lowest BCUT2D eigenvalue weighted by molar-refractivity contribution is -0.146. The number of rotatable bonds is 3. The van der Waals surface area contributed by atoms with E-state index in [0.717, 1.165) is 12.1 Å². The van der Waals surface area contributed by atoms with Crippen molar-refractivity contribution in [1.82, 2.24) is 0 Å². The van der Waals surface area contributed by atoms with E-state index in [-0.39, 0.29) is 6.42 Å². The third-order valence-electron chi connectivity index (χ3n) is 2.51. The van der Waals surface area contributed by atoms with Crippen molar-refractivity contribution in [2.45, 2.75) is 26.4 Å². The number of hydrogen-bond donors (Lipinski definition) is 1. The third kappa shape index (κ3) is 3.47. The van der Waals surface area contributed by atoms with Gasteiger partial charge in [0.25, 0.3) is 0 Å². The molecular weight excluding hydrogens is 233 g/mol. The molecule has 1 N–H and O–H groups in total. The van der Waals surface area contributed by atoms with Gasteiger partial charge in [-0.3, -0.25) is 4.79 Å². The lowest BCUT2D eigenvalue weighted by Crippen LogP contribution is -2.26. The number of hydrogen-bond acceptors (Lipinski definition) is 1. The molecule has 1 aromatic rings. The number of carboxylic acid groups (broad SMARTS) is 1. The van der Waals surface area contributed by atoms with Crippen LogP contribution < -0.4 is 0 Å². The van der Waals surface area contributed by atoms with Gasteiger partial charge >= 0.3 is 12.1 Å². The fourth-order valence-corrected chi connectivity index (χ4v) is 1.40. The van der Waals surface area contributed by atoms with E-state index in [1.54, 1.807) is 0 Å². The molecule has 0 saturated heterocycles. The molecule has 0 aliphatic rings. The maximum absolute atomic E-state index is 12.3. The van der Waals surface area contributed by atoms with Gasteiger partial charge in [-0.15, -0.1) is 0 Å². The molecule has 0 bridgehead atoms. The fraction of sp³-hybridized carbons (Fsp3) is 0.417. The molecule has 0 amide bonds. The summed E-state index contributed by atoms with van der Waals surface area (Å²) in [5.41, 5.74) is -1.14. The summed E-state index contributed by atoms with van der Waals surface area (Å²) in [6.45, 7) is 3.07. The zero-order valence-electron chi connectivity index (χ0n) is 9.51. The SMILES string of the molecule is CC(C)(Cc1ccc(C(F)(F)F)cc1)C(=O)O. The van der Waals surface area contributed by atoms with Gasteiger partial charge in [-0.25, -0.2) is 0 Å². The Bertz CT molecular complexity index is 405. The number of halogens is 3. The van der Waals surface area contributed by atoms with Gasteiger partial charge in [0.05, 0.1) is 11.0 Å². The van der Waals surface area contributed by atoms with Crippen LogP contribution in [-0.4, -0.2) is 11.1 Å². The predicted molar refractivity (Wildman–Crippen MR) is 56.6 cm³/mol. The molecule has 2 nitrogen and oxygen atoms in total. The van der Waals surface area contributed by atoms with Crippen molar-refractivity contribution < 1.29 is 23.1 Å². The van der Waals surface area contributed by atoms with Crippen LogP contribution in [0.15, 0.2) is 24.3 Å². The number of aliphatic carboxylic acids is 1. The van der Waals surface area contributed by atoms with Gasteiger partial charge in [0.15, 0.2) is 0 Å². The molecule has 1 rings (SSSR count). The third-order valence-corrected chi connectivity index (χ3v) is 2.51. The molecule has 0 aliphatic heterocycles. The topological polar surface area (TPSA) is 37.3 Å². The van der Waals surface area contributed by atoms with Gasteiger partial charge in [0.1, 0.15) is 0 Å². The van der Waals surface area contributed by atoms with Gasteiger partial charge in [-0.2, -0.15) is 13.2 Å². The molecule has 0 fully saturated rings. The number of carbonyl (C=O) groups is 1. The van der Waals surface area contributed by atoms with Gasteiger partial charge in [-0.1, -0.05) is 12.1 Å². The van der Waals surface area contributed by atoms with E-state index in [4.69, 9.17) is 5.11 Å². The summed E-state index contributed by atoms with van der Waals surface area (Å²) in [5.74, 6) is -0.975. The Kier molecular flexibility index (Phi) is 3.50. The van der Waals surface area contributed by atoms with Gasteiger partial charge in [0, 0.05) is 0 Å². The van der Waals surface area contributed by atoms with Crippen LogP contribution in [-0.2, 0) is 17.4 Å². The molecule has 0 aliphatic carbocycles. The first kappa shape index (κ1) is 13.5. The molecule has 0 atom stereocenters. The summed E-state index contributed by atoms with van der Waals surface area (Å²) in [6.07, 6.45) is -4.17. The number of benzene rings is 1. The van der Waals surface area contributed by atoms with Gasteiger partial charge in [0.2, 0.25) is 0 Å². The van der Waals surface area contributed by atoms with Crippen molar-refractivity contribution in [3.63, 3.8) is 0 Å². The molecule has 0 spiro atoms. The minimum absolute atomic E-state index is 0.195. The molecule has 0 unspecified atom stereocenters. The van der Waals surface area contributed by atoms with Crippen molar-refractivity contribution in [3.05, 3.63) is 35.4 Å². The maximum atomic E-state index is 12.3. The van der Waals surface area contributed by atoms with Crippen LogP contribution in [0, 0.1) is 5.41 Å². The van der Waals surface area contributed by atoms with E-state index in [1.807, 2.05) is 0 Å².